The molecule has 0 spiro atoms. The highest BCUT2D eigenvalue weighted by molar-refractivity contribution is 6.38. The van der Waals surface area contributed by atoms with Crippen LogP contribution in [0.15, 0.2) is 16.9 Å². The number of ketones is 1. The maximum Gasteiger partial charge on any atom is 0.376 e. The molecule has 18 heavy (non-hydrogen) atoms. The van der Waals surface area contributed by atoms with Crippen molar-refractivity contribution in [2.45, 2.75) is 0 Å². The number of carbonyl (C=O) groups excluding carboxylic acids is 2. The molecular formula is C10H5NO7-2. The van der Waals surface area contributed by atoms with E-state index in [1.54, 1.807) is 0 Å². The Hall–Kier alpha value is -2.90. The second-order valence-electron chi connectivity index (χ2n) is 3.08. The van der Waals surface area contributed by atoms with Gasteiger partial charge in [0, 0.05) is 5.56 Å². The van der Waals surface area contributed by atoms with Crippen LogP contribution in [0.2, 0.25) is 0 Å². The van der Waals surface area contributed by atoms with E-state index in [-0.39, 0.29) is 0 Å². The molecule has 8 nitrogen and oxygen atoms in total. The van der Waals surface area contributed by atoms with Crippen molar-refractivity contribution >= 4 is 23.8 Å². The highest BCUT2D eigenvalue weighted by Gasteiger charge is 2.07. The van der Waals surface area contributed by atoms with E-state index in [0.29, 0.717) is 18.2 Å². The highest BCUT2D eigenvalue weighted by Crippen LogP contribution is 2.11. The van der Waals surface area contributed by atoms with Crippen molar-refractivity contribution < 1.29 is 29.7 Å². The third kappa shape index (κ3) is 2.82. The number of hydrogen-bond acceptors (Lipinski definition) is 6. The third-order valence-corrected chi connectivity index (χ3v) is 1.87. The van der Waals surface area contributed by atoms with Crippen LogP contribution in [0.1, 0.15) is 16.1 Å². The van der Waals surface area contributed by atoms with Crippen LogP contribution < -0.4 is 15.8 Å². The van der Waals surface area contributed by atoms with Gasteiger partial charge in [0.05, 0.1) is 11.7 Å². The molecule has 0 radical (unpaired) electrons. The van der Waals surface area contributed by atoms with E-state index in [4.69, 9.17) is 5.11 Å². The van der Waals surface area contributed by atoms with Gasteiger partial charge in [-0.1, -0.05) is 5.75 Å². The van der Waals surface area contributed by atoms with Crippen LogP contribution >= 0.6 is 0 Å². The second-order valence-corrected chi connectivity index (χ2v) is 3.08. The van der Waals surface area contributed by atoms with Crippen molar-refractivity contribution in [2.75, 3.05) is 0 Å². The number of hydrogen-bond donors (Lipinski definition) is 2. The molecule has 8 heteroatoms. The smallest absolute Gasteiger partial charge is 0.376 e. The molecule has 2 N–H and O–H groups in total. The van der Waals surface area contributed by atoms with Crippen LogP contribution in [0.25, 0.3) is 6.08 Å². The minimum Gasteiger partial charge on any atom is -0.872 e. The average molecular weight is 251 g/mol. The number of carboxylic acid groups (broad SMARTS) is 2. The van der Waals surface area contributed by atoms with E-state index in [1.807, 2.05) is 4.98 Å². The summed E-state index contributed by atoms with van der Waals surface area (Å²) in [4.78, 5) is 44.4. The van der Waals surface area contributed by atoms with Gasteiger partial charge in [0.25, 0.3) is 11.3 Å². The number of aromatic carboxylic acids is 1. The molecule has 0 aliphatic carbocycles. The Morgan fingerprint density at radius 3 is 2.39 bits per heavy atom. The van der Waals surface area contributed by atoms with Gasteiger partial charge in [-0.15, -0.1) is 0 Å². The van der Waals surface area contributed by atoms with Crippen LogP contribution in [0.5, 0.6) is 5.75 Å². The van der Waals surface area contributed by atoms with Gasteiger partial charge in [-0.05, 0) is 18.2 Å². The van der Waals surface area contributed by atoms with Crippen LogP contribution in [-0.4, -0.2) is 27.8 Å². The summed E-state index contributed by atoms with van der Waals surface area (Å²) in [5, 5.41) is 30.0. The molecule has 0 aliphatic rings. The van der Waals surface area contributed by atoms with Crippen LogP contribution in [0.3, 0.4) is 0 Å². The number of aromatic amines is 1. The Morgan fingerprint density at radius 2 is 1.94 bits per heavy atom. The van der Waals surface area contributed by atoms with Crippen LogP contribution in [0, 0.1) is 0 Å². The lowest BCUT2D eigenvalue weighted by Gasteiger charge is -2.12. The molecule has 1 aromatic rings. The topological polar surface area (TPSA) is 150 Å². The highest BCUT2D eigenvalue weighted by atomic mass is 16.4. The fourth-order valence-electron chi connectivity index (χ4n) is 1.04. The lowest BCUT2D eigenvalue weighted by atomic mass is 10.2. The standard InChI is InChI=1S/C10H7NO7/c12-6(10(17)18)2-1-4-7(13)3-5(9(15)16)11-8(4)14/h1-3H,(H,15,16)(H,17,18)(H2,11,13,14)/p-2/b2-1+. The van der Waals surface area contributed by atoms with Crippen molar-refractivity contribution in [1.29, 1.82) is 0 Å². The summed E-state index contributed by atoms with van der Waals surface area (Å²) in [7, 11) is 0. The molecule has 1 rings (SSSR count). The van der Waals surface area contributed by atoms with E-state index >= 15 is 0 Å². The molecule has 0 aliphatic heterocycles. The Labute approximate surface area is 98.8 Å². The summed E-state index contributed by atoms with van der Waals surface area (Å²) in [6.45, 7) is 0. The second kappa shape index (κ2) is 4.95. The predicted octanol–water partition coefficient (Wildman–Crippen LogP) is -2.52. The minimum atomic E-state index is -1.75. The predicted molar refractivity (Wildman–Crippen MR) is 52.5 cm³/mol. The van der Waals surface area contributed by atoms with Crippen LogP contribution in [0.4, 0.5) is 0 Å². The number of nitrogens with one attached hydrogen (secondary N) is 1. The number of carboxylic acids is 2. The summed E-state index contributed by atoms with van der Waals surface area (Å²) in [5.74, 6) is -5.77. The summed E-state index contributed by atoms with van der Waals surface area (Å²) in [6, 6.07) is 0.599. The number of rotatable bonds is 4. The fourth-order valence-corrected chi connectivity index (χ4v) is 1.04. The van der Waals surface area contributed by atoms with Crippen molar-refractivity contribution in [1.82, 2.24) is 4.98 Å². The van der Waals surface area contributed by atoms with E-state index in [9.17, 15) is 29.4 Å². The zero-order valence-electron chi connectivity index (χ0n) is 8.63. The number of carbonyl (C=O) groups is 3. The van der Waals surface area contributed by atoms with E-state index in [1.165, 1.54) is 0 Å². The molecule has 0 saturated heterocycles. The van der Waals surface area contributed by atoms with Gasteiger partial charge < -0.3 is 25.1 Å². The average Bonchev–Trinajstić information content (AvgIpc) is 2.26. The lowest BCUT2D eigenvalue weighted by Crippen LogP contribution is -2.27. The van der Waals surface area contributed by atoms with Crippen molar-refractivity contribution in [3.05, 3.63) is 33.8 Å². The monoisotopic (exact) mass is 251 g/mol. The molecule has 0 bridgehead atoms. The number of pyridine rings is 1. The molecule has 1 heterocycles. The Bertz CT molecular complexity index is 611. The van der Waals surface area contributed by atoms with Gasteiger partial charge in [-0.3, -0.25) is 9.59 Å². The Morgan fingerprint density at radius 1 is 1.33 bits per heavy atom. The maximum atomic E-state index is 11.3. The van der Waals surface area contributed by atoms with Gasteiger partial charge in [0.2, 0.25) is 0 Å². The summed E-state index contributed by atoms with van der Waals surface area (Å²) < 4.78 is 0. The minimum absolute atomic E-state index is 0.521. The molecule has 0 amide bonds. The fraction of sp³-hybridized carbons (Fsp3) is 0. The van der Waals surface area contributed by atoms with Crippen LogP contribution in [-0.2, 0) is 9.59 Å². The number of aliphatic carboxylic acids is 1. The van der Waals surface area contributed by atoms with Crippen molar-refractivity contribution in [3.63, 3.8) is 0 Å². The van der Waals surface area contributed by atoms with Gasteiger partial charge in [-0.2, -0.15) is 0 Å². The van der Waals surface area contributed by atoms with E-state index in [2.05, 4.69) is 0 Å². The molecular weight excluding hydrogens is 246 g/mol. The van der Waals surface area contributed by atoms with Gasteiger partial charge in [0.1, 0.15) is 0 Å². The van der Waals surface area contributed by atoms with E-state index in [0.717, 1.165) is 0 Å². The summed E-state index contributed by atoms with van der Waals surface area (Å²) >= 11 is 0. The van der Waals surface area contributed by atoms with Crippen molar-refractivity contribution in [3.8, 4) is 5.75 Å². The Balaban J connectivity index is 3.20. The lowest BCUT2D eigenvalue weighted by molar-refractivity contribution is -0.270. The zero-order chi connectivity index (χ0) is 13.9. The Kier molecular flexibility index (Phi) is 3.62. The largest absolute Gasteiger partial charge is 0.872 e. The number of H-pyrrole nitrogens is 1. The first-order valence-electron chi connectivity index (χ1n) is 4.44. The van der Waals surface area contributed by atoms with Gasteiger partial charge in [0.15, 0.2) is 0 Å². The molecule has 0 atom stereocenters. The van der Waals surface area contributed by atoms with E-state index < -0.39 is 40.3 Å². The molecule has 1 aromatic heterocycles. The summed E-state index contributed by atoms with van der Waals surface area (Å²) in [5.41, 5.74) is -2.31. The zero-order valence-corrected chi connectivity index (χ0v) is 8.63. The molecule has 94 valence electrons. The molecule has 0 saturated carbocycles. The normalized spacial score (nSPS) is 10.4. The number of aromatic nitrogens is 1. The molecule has 0 unspecified atom stereocenters. The van der Waals surface area contributed by atoms with Crippen molar-refractivity contribution in [2.24, 2.45) is 0 Å². The quantitative estimate of drug-likeness (QED) is 0.442. The molecule has 0 aromatic carbocycles. The first-order valence-corrected chi connectivity index (χ1v) is 4.44. The third-order valence-electron chi connectivity index (χ3n) is 1.87. The summed E-state index contributed by atoms with van der Waals surface area (Å²) in [6.07, 6.45) is 1.23. The van der Waals surface area contributed by atoms with Gasteiger partial charge >= 0.3 is 5.97 Å². The first kappa shape index (κ1) is 13.2. The first-order chi connectivity index (χ1) is 8.32. The molecule has 0 fully saturated rings. The van der Waals surface area contributed by atoms with Gasteiger partial charge in [-0.25, -0.2) is 4.79 Å². The SMILES string of the molecule is O=C(O)C(=O)/C=C/c1c([O-])cc(C(=O)[O-])[nH]c1=O. The maximum absolute atomic E-state index is 11.3.